The van der Waals surface area contributed by atoms with Crippen LogP contribution in [0.25, 0.3) is 0 Å². The average Bonchev–Trinajstić information content (AvgIpc) is 2.42. The number of hydrogen-bond donors (Lipinski definition) is 1. The second-order valence-corrected chi connectivity index (χ2v) is 5.30. The number of rotatable bonds is 4. The van der Waals surface area contributed by atoms with E-state index in [2.05, 4.69) is 10.2 Å². The molecule has 0 amide bonds. The van der Waals surface area contributed by atoms with Gasteiger partial charge in [-0.2, -0.15) is 5.10 Å². The van der Waals surface area contributed by atoms with Crippen molar-refractivity contribution in [1.29, 1.82) is 0 Å². The summed E-state index contributed by atoms with van der Waals surface area (Å²) in [6, 6.07) is 0. The van der Waals surface area contributed by atoms with Crippen LogP contribution in [0.15, 0.2) is 0 Å². The van der Waals surface area contributed by atoms with Gasteiger partial charge in [0.05, 0.1) is 5.69 Å². The van der Waals surface area contributed by atoms with Gasteiger partial charge in [-0.15, -0.1) is 5.10 Å². The van der Waals surface area contributed by atoms with Crippen LogP contribution in [0.2, 0.25) is 0 Å². The Morgan fingerprint density at radius 2 is 2.00 bits per heavy atom. The maximum absolute atomic E-state index is 11.5. The van der Waals surface area contributed by atoms with E-state index < -0.39 is 5.97 Å². The zero-order chi connectivity index (χ0) is 14.7. The second-order valence-electron chi connectivity index (χ2n) is 5.30. The number of carboxylic acid groups (broad SMARTS) is 1. The van der Waals surface area contributed by atoms with Crippen LogP contribution >= 0.6 is 0 Å². The van der Waals surface area contributed by atoms with E-state index in [0.29, 0.717) is 23.0 Å². The largest absolute Gasteiger partial charge is 0.478 e. The molecule has 1 saturated heterocycles. The van der Waals surface area contributed by atoms with Gasteiger partial charge in [0.2, 0.25) is 0 Å². The van der Waals surface area contributed by atoms with E-state index in [1.807, 2.05) is 4.90 Å². The highest BCUT2D eigenvalue weighted by atomic mass is 16.5. The molecular weight excluding hydrogens is 258 g/mol. The summed E-state index contributed by atoms with van der Waals surface area (Å²) in [6.07, 6.45) is 1.98. The van der Waals surface area contributed by atoms with Gasteiger partial charge in [-0.1, -0.05) is 0 Å². The molecule has 110 valence electrons. The summed E-state index contributed by atoms with van der Waals surface area (Å²) in [5.41, 5.74) is 1.64. The van der Waals surface area contributed by atoms with Crippen molar-refractivity contribution in [2.45, 2.75) is 26.7 Å². The highest BCUT2D eigenvalue weighted by molar-refractivity contribution is 5.95. The van der Waals surface area contributed by atoms with Crippen molar-refractivity contribution < 1.29 is 14.6 Å². The fourth-order valence-electron chi connectivity index (χ4n) is 2.62. The zero-order valence-corrected chi connectivity index (χ0v) is 12.2. The van der Waals surface area contributed by atoms with Gasteiger partial charge in [-0.25, -0.2) is 4.79 Å². The summed E-state index contributed by atoms with van der Waals surface area (Å²) in [5.74, 6) is 0.106. The second kappa shape index (κ2) is 6.17. The van der Waals surface area contributed by atoms with Crippen molar-refractivity contribution >= 4 is 11.8 Å². The smallest absolute Gasteiger partial charge is 0.339 e. The summed E-state index contributed by atoms with van der Waals surface area (Å²) >= 11 is 0. The molecular formula is C14H21N3O3. The Morgan fingerprint density at radius 3 is 2.55 bits per heavy atom. The lowest BCUT2D eigenvalue weighted by atomic mass is 9.97. The van der Waals surface area contributed by atoms with Crippen LogP contribution in [0.1, 0.15) is 34.5 Å². The lowest BCUT2D eigenvalue weighted by molar-refractivity contribution is 0.0695. The quantitative estimate of drug-likeness (QED) is 0.903. The Morgan fingerprint density at radius 1 is 1.35 bits per heavy atom. The van der Waals surface area contributed by atoms with Crippen LogP contribution in [0, 0.1) is 19.8 Å². The molecule has 1 aliphatic rings. The minimum Gasteiger partial charge on any atom is -0.478 e. The SMILES string of the molecule is COCC1CCN(c2nnc(C)c(C)c2C(=O)O)CC1. The van der Waals surface area contributed by atoms with Crippen molar-refractivity contribution in [2.24, 2.45) is 5.92 Å². The summed E-state index contributed by atoms with van der Waals surface area (Å²) in [5, 5.41) is 17.6. The maximum atomic E-state index is 11.5. The number of ether oxygens (including phenoxy) is 1. The molecule has 6 heteroatoms. The molecule has 1 fully saturated rings. The average molecular weight is 279 g/mol. The minimum atomic E-state index is -0.936. The van der Waals surface area contributed by atoms with Crippen molar-refractivity contribution in [3.05, 3.63) is 16.8 Å². The van der Waals surface area contributed by atoms with Crippen LogP contribution in [0.4, 0.5) is 5.82 Å². The zero-order valence-electron chi connectivity index (χ0n) is 12.2. The van der Waals surface area contributed by atoms with Gasteiger partial charge in [0.1, 0.15) is 5.56 Å². The lowest BCUT2D eigenvalue weighted by Gasteiger charge is -2.33. The van der Waals surface area contributed by atoms with E-state index >= 15 is 0 Å². The molecule has 1 N–H and O–H groups in total. The summed E-state index contributed by atoms with van der Waals surface area (Å²) < 4.78 is 5.18. The number of piperidine rings is 1. The Balaban J connectivity index is 2.22. The third-order valence-corrected chi connectivity index (χ3v) is 3.97. The van der Waals surface area contributed by atoms with Crippen molar-refractivity contribution in [2.75, 3.05) is 31.7 Å². The first kappa shape index (κ1) is 14.7. The van der Waals surface area contributed by atoms with Crippen LogP contribution in [-0.2, 0) is 4.74 Å². The van der Waals surface area contributed by atoms with Gasteiger partial charge in [0.15, 0.2) is 5.82 Å². The molecule has 1 aromatic heterocycles. The number of aromatic carboxylic acids is 1. The van der Waals surface area contributed by atoms with Crippen molar-refractivity contribution in [1.82, 2.24) is 10.2 Å². The number of nitrogens with zero attached hydrogens (tertiary/aromatic N) is 3. The fourth-order valence-corrected chi connectivity index (χ4v) is 2.62. The number of methoxy groups -OCH3 is 1. The normalized spacial score (nSPS) is 16.4. The molecule has 1 aromatic rings. The number of anilines is 1. The molecule has 0 radical (unpaired) electrons. The van der Waals surface area contributed by atoms with E-state index in [-0.39, 0.29) is 5.56 Å². The predicted molar refractivity (Wildman–Crippen MR) is 75.3 cm³/mol. The predicted octanol–water partition coefficient (Wildman–Crippen LogP) is 1.65. The highest BCUT2D eigenvalue weighted by Gasteiger charge is 2.26. The van der Waals surface area contributed by atoms with Gasteiger partial charge in [0, 0.05) is 26.8 Å². The molecule has 0 spiro atoms. The maximum Gasteiger partial charge on any atom is 0.339 e. The molecule has 20 heavy (non-hydrogen) atoms. The van der Waals surface area contributed by atoms with E-state index in [0.717, 1.165) is 32.5 Å². The van der Waals surface area contributed by atoms with Gasteiger partial charge in [0.25, 0.3) is 0 Å². The van der Waals surface area contributed by atoms with E-state index in [9.17, 15) is 9.90 Å². The summed E-state index contributed by atoms with van der Waals surface area (Å²) in [7, 11) is 1.71. The Hall–Kier alpha value is -1.69. The number of aryl methyl sites for hydroxylation is 1. The molecule has 0 bridgehead atoms. The Bertz CT molecular complexity index is 497. The third kappa shape index (κ3) is 2.90. The van der Waals surface area contributed by atoms with Crippen molar-refractivity contribution in [3.63, 3.8) is 0 Å². The fraction of sp³-hybridized carbons (Fsp3) is 0.643. The lowest BCUT2D eigenvalue weighted by Crippen LogP contribution is -2.37. The molecule has 0 atom stereocenters. The van der Waals surface area contributed by atoms with Crippen molar-refractivity contribution in [3.8, 4) is 0 Å². The molecule has 2 rings (SSSR count). The number of carbonyl (C=O) groups is 1. The number of aromatic nitrogens is 2. The third-order valence-electron chi connectivity index (χ3n) is 3.97. The topological polar surface area (TPSA) is 75.5 Å². The Labute approximate surface area is 118 Å². The van der Waals surface area contributed by atoms with Gasteiger partial charge >= 0.3 is 5.97 Å². The first-order valence-electron chi connectivity index (χ1n) is 6.85. The molecule has 0 unspecified atom stereocenters. The number of hydrogen-bond acceptors (Lipinski definition) is 5. The van der Waals surface area contributed by atoms with Gasteiger partial charge in [-0.05, 0) is 38.2 Å². The monoisotopic (exact) mass is 279 g/mol. The summed E-state index contributed by atoms with van der Waals surface area (Å²) in [4.78, 5) is 13.5. The van der Waals surface area contributed by atoms with Gasteiger partial charge < -0.3 is 14.7 Å². The standard InChI is InChI=1S/C14H21N3O3/c1-9-10(2)15-16-13(12(9)14(18)19)17-6-4-11(5-7-17)8-20-3/h11H,4-8H2,1-3H3,(H,18,19). The highest BCUT2D eigenvalue weighted by Crippen LogP contribution is 2.27. The van der Waals surface area contributed by atoms with E-state index in [1.54, 1.807) is 21.0 Å². The van der Waals surface area contributed by atoms with E-state index in [1.165, 1.54) is 0 Å². The van der Waals surface area contributed by atoms with E-state index in [4.69, 9.17) is 4.74 Å². The Kier molecular flexibility index (Phi) is 4.54. The molecule has 0 aromatic carbocycles. The first-order valence-corrected chi connectivity index (χ1v) is 6.85. The minimum absolute atomic E-state index is 0.280. The molecule has 0 aliphatic carbocycles. The first-order chi connectivity index (χ1) is 9.54. The molecule has 0 saturated carbocycles. The van der Waals surface area contributed by atoms with Gasteiger partial charge in [-0.3, -0.25) is 0 Å². The molecule has 1 aliphatic heterocycles. The summed E-state index contributed by atoms with van der Waals surface area (Å²) in [6.45, 7) is 5.92. The van der Waals surface area contributed by atoms with Crippen LogP contribution in [0.3, 0.4) is 0 Å². The molecule has 2 heterocycles. The number of carboxylic acids is 1. The van der Waals surface area contributed by atoms with Crippen LogP contribution < -0.4 is 4.90 Å². The van der Waals surface area contributed by atoms with Crippen LogP contribution in [-0.4, -0.2) is 48.1 Å². The molecule has 6 nitrogen and oxygen atoms in total. The van der Waals surface area contributed by atoms with Crippen LogP contribution in [0.5, 0.6) is 0 Å².